The Morgan fingerprint density at radius 3 is 2.30 bits per heavy atom. The summed E-state index contributed by atoms with van der Waals surface area (Å²) in [6, 6.07) is 4.54. The second kappa shape index (κ2) is 7.08. The highest BCUT2D eigenvalue weighted by molar-refractivity contribution is 5.97. The number of carbonyl (C=O) groups is 2. The lowest BCUT2D eigenvalue weighted by molar-refractivity contribution is -0.384. The van der Waals surface area contributed by atoms with Gasteiger partial charge in [0, 0.05) is 6.07 Å². The van der Waals surface area contributed by atoms with Crippen molar-refractivity contribution in [2.45, 2.75) is 39.3 Å². The number of benzene rings is 1. The number of carbonyl (C=O) groups excluding carboxylic acids is 2. The first-order valence-electron chi connectivity index (χ1n) is 6.92. The van der Waals surface area contributed by atoms with Crippen molar-refractivity contribution in [2.75, 3.05) is 12.0 Å². The number of rotatable bonds is 4. The van der Waals surface area contributed by atoms with E-state index in [0.717, 1.165) is 4.90 Å². The average molecular weight is 324 g/mol. The maximum atomic E-state index is 12.5. The molecule has 0 unspecified atom stereocenters. The number of para-hydroxylation sites is 2. The van der Waals surface area contributed by atoms with Crippen LogP contribution in [-0.4, -0.2) is 35.7 Å². The van der Waals surface area contributed by atoms with Gasteiger partial charge in [-0.15, -0.1) is 0 Å². The molecule has 1 aromatic rings. The predicted octanol–water partition coefficient (Wildman–Crippen LogP) is 2.90. The number of methoxy groups -OCH3 is 1. The molecule has 0 heterocycles. The number of nitrogens with zero attached hydrogens (tertiary/aromatic N) is 2. The second-order valence-corrected chi connectivity index (χ2v) is 5.80. The van der Waals surface area contributed by atoms with Crippen LogP contribution in [0.3, 0.4) is 0 Å². The fourth-order valence-electron chi connectivity index (χ4n) is 1.87. The van der Waals surface area contributed by atoms with E-state index in [1.54, 1.807) is 20.8 Å². The van der Waals surface area contributed by atoms with Crippen LogP contribution >= 0.6 is 0 Å². The van der Waals surface area contributed by atoms with Gasteiger partial charge in [0.1, 0.15) is 17.3 Å². The summed E-state index contributed by atoms with van der Waals surface area (Å²) in [5.41, 5.74) is -1.17. The minimum absolute atomic E-state index is 0.0374. The standard InChI is InChI=1S/C15H20N2O6/c1-10(13(18)22-5)16(14(19)23-15(2,3)4)11-8-6-7-9-12(11)17(20)21/h6-10H,1-5H3/t10-/m0/s1. The molecule has 0 bridgehead atoms. The number of nitro benzene ring substituents is 1. The molecule has 126 valence electrons. The van der Waals surface area contributed by atoms with Crippen molar-refractivity contribution in [3.05, 3.63) is 34.4 Å². The first-order valence-corrected chi connectivity index (χ1v) is 6.92. The predicted molar refractivity (Wildman–Crippen MR) is 83.3 cm³/mol. The molecule has 8 nitrogen and oxygen atoms in total. The molecule has 0 spiro atoms. The van der Waals surface area contributed by atoms with Gasteiger partial charge in [0.15, 0.2) is 0 Å². The zero-order valence-corrected chi connectivity index (χ0v) is 13.7. The van der Waals surface area contributed by atoms with Crippen LogP contribution in [-0.2, 0) is 14.3 Å². The second-order valence-electron chi connectivity index (χ2n) is 5.80. The van der Waals surface area contributed by atoms with E-state index in [9.17, 15) is 19.7 Å². The third-order valence-electron chi connectivity index (χ3n) is 2.86. The van der Waals surface area contributed by atoms with E-state index < -0.39 is 28.6 Å². The lowest BCUT2D eigenvalue weighted by atomic mass is 10.2. The van der Waals surface area contributed by atoms with E-state index in [1.165, 1.54) is 38.3 Å². The highest BCUT2D eigenvalue weighted by atomic mass is 16.6. The Morgan fingerprint density at radius 1 is 1.26 bits per heavy atom. The molecule has 0 aliphatic heterocycles. The number of nitro groups is 1. The zero-order valence-electron chi connectivity index (χ0n) is 13.7. The van der Waals surface area contributed by atoms with Crippen LogP contribution in [0, 0.1) is 10.1 Å². The number of esters is 1. The lowest BCUT2D eigenvalue weighted by Crippen LogP contribution is -2.46. The number of anilines is 1. The molecule has 0 radical (unpaired) electrons. The van der Waals surface area contributed by atoms with Gasteiger partial charge in [0.05, 0.1) is 12.0 Å². The Labute approximate surface area is 134 Å². The Bertz CT molecular complexity index is 608. The summed E-state index contributed by atoms with van der Waals surface area (Å²) in [7, 11) is 1.17. The fourth-order valence-corrected chi connectivity index (χ4v) is 1.87. The highest BCUT2D eigenvalue weighted by Gasteiger charge is 2.35. The minimum atomic E-state index is -1.09. The molecule has 0 saturated heterocycles. The third kappa shape index (κ3) is 4.67. The van der Waals surface area contributed by atoms with Crippen molar-refractivity contribution >= 4 is 23.4 Å². The van der Waals surface area contributed by atoms with Crippen LogP contribution in [0.1, 0.15) is 27.7 Å². The maximum absolute atomic E-state index is 12.5. The van der Waals surface area contributed by atoms with E-state index in [4.69, 9.17) is 4.74 Å². The van der Waals surface area contributed by atoms with Gasteiger partial charge in [0.2, 0.25) is 0 Å². The molecule has 1 atom stereocenters. The van der Waals surface area contributed by atoms with E-state index in [1.807, 2.05) is 0 Å². The monoisotopic (exact) mass is 324 g/mol. The largest absolute Gasteiger partial charge is 0.467 e. The molecule has 0 N–H and O–H groups in total. The summed E-state index contributed by atoms with van der Waals surface area (Å²) >= 11 is 0. The van der Waals surface area contributed by atoms with E-state index >= 15 is 0 Å². The summed E-state index contributed by atoms with van der Waals surface area (Å²) in [5.74, 6) is -0.714. The van der Waals surface area contributed by atoms with Gasteiger partial charge >= 0.3 is 12.1 Å². The molecule has 0 aliphatic carbocycles. The number of hydrogen-bond donors (Lipinski definition) is 0. The van der Waals surface area contributed by atoms with Gasteiger partial charge in [-0.05, 0) is 33.8 Å². The third-order valence-corrected chi connectivity index (χ3v) is 2.86. The summed E-state index contributed by atoms with van der Waals surface area (Å²) < 4.78 is 9.90. The van der Waals surface area contributed by atoms with E-state index in [-0.39, 0.29) is 11.4 Å². The molecule has 0 fully saturated rings. The van der Waals surface area contributed by atoms with Crippen LogP contribution in [0.15, 0.2) is 24.3 Å². The molecule has 8 heteroatoms. The zero-order chi connectivity index (χ0) is 17.8. The molecule has 0 aromatic heterocycles. The number of ether oxygens (including phenoxy) is 2. The fraction of sp³-hybridized carbons (Fsp3) is 0.467. The molecule has 23 heavy (non-hydrogen) atoms. The van der Waals surface area contributed by atoms with E-state index in [2.05, 4.69) is 4.74 Å². The van der Waals surface area contributed by atoms with Crippen molar-refractivity contribution in [1.82, 2.24) is 0 Å². The van der Waals surface area contributed by atoms with Gasteiger partial charge in [-0.2, -0.15) is 0 Å². The van der Waals surface area contributed by atoms with Crippen molar-refractivity contribution < 1.29 is 24.0 Å². The Balaban J connectivity index is 3.38. The van der Waals surface area contributed by atoms with Crippen LogP contribution in [0.4, 0.5) is 16.2 Å². The molecule has 1 aromatic carbocycles. The minimum Gasteiger partial charge on any atom is -0.467 e. The lowest BCUT2D eigenvalue weighted by Gasteiger charge is -2.30. The number of amides is 1. The van der Waals surface area contributed by atoms with Crippen LogP contribution < -0.4 is 4.90 Å². The molecule has 0 aliphatic rings. The van der Waals surface area contributed by atoms with Gasteiger partial charge in [-0.1, -0.05) is 12.1 Å². The quantitative estimate of drug-likeness (QED) is 0.480. The summed E-state index contributed by atoms with van der Waals surface area (Å²) in [6.07, 6.45) is -0.871. The summed E-state index contributed by atoms with van der Waals surface area (Å²) in [5, 5.41) is 11.2. The average Bonchev–Trinajstić information content (AvgIpc) is 2.44. The SMILES string of the molecule is COC(=O)[C@H](C)N(C(=O)OC(C)(C)C)c1ccccc1[N+](=O)[O-]. The normalized spacial score (nSPS) is 12.2. The van der Waals surface area contributed by atoms with Gasteiger partial charge in [0.25, 0.3) is 5.69 Å². The highest BCUT2D eigenvalue weighted by Crippen LogP contribution is 2.30. The first-order chi connectivity index (χ1) is 10.6. The topological polar surface area (TPSA) is 99.0 Å². The van der Waals surface area contributed by atoms with Crippen molar-refractivity contribution in [3.8, 4) is 0 Å². The smallest absolute Gasteiger partial charge is 0.415 e. The van der Waals surface area contributed by atoms with E-state index in [0.29, 0.717) is 0 Å². The Morgan fingerprint density at radius 2 is 1.83 bits per heavy atom. The number of hydrogen-bond acceptors (Lipinski definition) is 6. The Kier molecular flexibility index (Phi) is 5.67. The van der Waals surface area contributed by atoms with Crippen molar-refractivity contribution in [1.29, 1.82) is 0 Å². The molecular formula is C15H20N2O6. The van der Waals surface area contributed by atoms with Gasteiger partial charge < -0.3 is 9.47 Å². The first kappa shape index (κ1) is 18.4. The van der Waals surface area contributed by atoms with Gasteiger partial charge in [-0.3, -0.25) is 15.0 Å². The molecule has 1 rings (SSSR count). The van der Waals surface area contributed by atoms with Crippen LogP contribution in [0.25, 0.3) is 0 Å². The van der Waals surface area contributed by atoms with Crippen LogP contribution in [0.2, 0.25) is 0 Å². The van der Waals surface area contributed by atoms with Gasteiger partial charge in [-0.25, -0.2) is 9.59 Å². The summed E-state index contributed by atoms with van der Waals surface area (Å²) in [4.78, 5) is 35.8. The van der Waals surface area contributed by atoms with Crippen molar-refractivity contribution in [3.63, 3.8) is 0 Å². The van der Waals surface area contributed by atoms with Crippen molar-refractivity contribution in [2.24, 2.45) is 0 Å². The summed E-state index contributed by atoms with van der Waals surface area (Å²) in [6.45, 7) is 6.38. The molecule has 0 saturated carbocycles. The maximum Gasteiger partial charge on any atom is 0.415 e. The molecule has 1 amide bonds. The Hall–Kier alpha value is -2.64. The molecular weight excluding hydrogens is 304 g/mol. The van der Waals surface area contributed by atoms with Crippen LogP contribution in [0.5, 0.6) is 0 Å².